The fourth-order valence-corrected chi connectivity index (χ4v) is 2.90. The average molecular weight is 219 g/mol. The van der Waals surface area contributed by atoms with Crippen LogP contribution in [0.3, 0.4) is 0 Å². The predicted molar refractivity (Wildman–Crippen MR) is 64.0 cm³/mol. The minimum Gasteiger partial charge on any atom is -0.225 e. The third kappa shape index (κ3) is 2.39. The summed E-state index contributed by atoms with van der Waals surface area (Å²) < 4.78 is 0. The lowest BCUT2D eigenvalue weighted by Crippen LogP contribution is -2.25. The van der Waals surface area contributed by atoms with E-state index in [1.54, 1.807) is 12.7 Å². The molecule has 0 saturated heterocycles. The Kier molecular flexibility index (Phi) is 3.86. The third-order valence-corrected chi connectivity index (χ3v) is 4.04. The first-order valence-electron chi connectivity index (χ1n) is 6.44. The Morgan fingerprint density at radius 2 is 1.94 bits per heavy atom. The van der Waals surface area contributed by atoms with Crippen molar-refractivity contribution in [1.82, 2.24) is 15.0 Å². The quantitative estimate of drug-likeness (QED) is 0.783. The monoisotopic (exact) mass is 219 g/mol. The van der Waals surface area contributed by atoms with E-state index in [0.29, 0.717) is 5.92 Å². The number of nitrogens with zero attached hydrogens (tertiary/aromatic N) is 3. The van der Waals surface area contributed by atoms with Crippen LogP contribution in [0.5, 0.6) is 0 Å². The van der Waals surface area contributed by atoms with Crippen LogP contribution in [-0.4, -0.2) is 15.0 Å². The highest BCUT2D eigenvalue weighted by molar-refractivity contribution is 4.99. The molecule has 88 valence electrons. The second kappa shape index (κ2) is 5.37. The van der Waals surface area contributed by atoms with Gasteiger partial charge in [0, 0.05) is 5.92 Å². The summed E-state index contributed by atoms with van der Waals surface area (Å²) in [5, 5.41) is 0. The van der Waals surface area contributed by atoms with Crippen LogP contribution in [-0.2, 0) is 0 Å². The molecule has 0 bridgehead atoms. The Morgan fingerprint density at radius 1 is 1.25 bits per heavy atom. The molecule has 0 aromatic carbocycles. The maximum Gasteiger partial charge on any atom is 0.135 e. The van der Waals surface area contributed by atoms with E-state index in [1.165, 1.54) is 32.1 Å². The lowest BCUT2D eigenvalue weighted by Gasteiger charge is -2.34. The van der Waals surface area contributed by atoms with Crippen molar-refractivity contribution in [2.75, 3.05) is 0 Å². The number of aromatic nitrogens is 3. The van der Waals surface area contributed by atoms with E-state index in [0.717, 1.165) is 17.7 Å². The van der Waals surface area contributed by atoms with Crippen LogP contribution in [0.25, 0.3) is 0 Å². The summed E-state index contributed by atoms with van der Waals surface area (Å²) in [6.45, 7) is 4.65. The molecule has 1 fully saturated rings. The Labute approximate surface area is 97.7 Å². The molecule has 1 aromatic rings. The molecule has 1 heterocycles. The van der Waals surface area contributed by atoms with Crippen LogP contribution >= 0.6 is 0 Å². The Bertz CT molecular complexity index is 312. The number of hydrogen-bond acceptors (Lipinski definition) is 3. The van der Waals surface area contributed by atoms with Gasteiger partial charge in [0.05, 0.1) is 0 Å². The summed E-state index contributed by atoms with van der Waals surface area (Å²) in [4.78, 5) is 12.6. The zero-order valence-electron chi connectivity index (χ0n) is 10.3. The van der Waals surface area contributed by atoms with Crippen LogP contribution in [0.2, 0.25) is 0 Å². The minimum absolute atomic E-state index is 0.562. The summed E-state index contributed by atoms with van der Waals surface area (Å²) in [6, 6.07) is 0. The van der Waals surface area contributed by atoms with Gasteiger partial charge in [0.15, 0.2) is 0 Å². The van der Waals surface area contributed by atoms with Gasteiger partial charge in [-0.2, -0.15) is 0 Å². The summed E-state index contributed by atoms with van der Waals surface area (Å²) in [5.41, 5.74) is 0. The van der Waals surface area contributed by atoms with Crippen LogP contribution in [0.15, 0.2) is 12.7 Å². The van der Waals surface area contributed by atoms with Gasteiger partial charge < -0.3 is 0 Å². The molecular formula is C13H21N3. The fraction of sp³-hybridized carbons (Fsp3) is 0.769. The Morgan fingerprint density at radius 3 is 2.62 bits per heavy atom. The van der Waals surface area contributed by atoms with Crippen molar-refractivity contribution in [2.45, 2.75) is 51.9 Å². The van der Waals surface area contributed by atoms with E-state index in [2.05, 4.69) is 28.8 Å². The van der Waals surface area contributed by atoms with E-state index in [1.807, 2.05) is 0 Å². The highest BCUT2D eigenvalue weighted by Gasteiger charge is 2.31. The second-order valence-electron chi connectivity index (χ2n) is 4.94. The van der Waals surface area contributed by atoms with Crippen molar-refractivity contribution in [3.8, 4) is 0 Å². The van der Waals surface area contributed by atoms with Crippen LogP contribution < -0.4 is 0 Å². The Hall–Kier alpha value is -0.990. The van der Waals surface area contributed by atoms with E-state index >= 15 is 0 Å². The molecule has 1 saturated carbocycles. The summed E-state index contributed by atoms with van der Waals surface area (Å²) >= 11 is 0. The van der Waals surface area contributed by atoms with Gasteiger partial charge in [-0.3, -0.25) is 0 Å². The van der Waals surface area contributed by atoms with Crippen molar-refractivity contribution in [3.63, 3.8) is 0 Å². The summed E-state index contributed by atoms with van der Waals surface area (Å²) in [7, 11) is 0. The first-order chi connectivity index (χ1) is 7.83. The van der Waals surface area contributed by atoms with E-state index in [4.69, 9.17) is 0 Å². The molecule has 3 heteroatoms. The SMILES string of the molecule is CCC(C)C1CCCCC1c1ncncn1. The highest BCUT2D eigenvalue weighted by atomic mass is 15.0. The highest BCUT2D eigenvalue weighted by Crippen LogP contribution is 2.41. The van der Waals surface area contributed by atoms with E-state index in [-0.39, 0.29) is 0 Å². The molecule has 0 aliphatic heterocycles. The fourth-order valence-electron chi connectivity index (χ4n) is 2.90. The average Bonchev–Trinajstić information content (AvgIpc) is 2.39. The van der Waals surface area contributed by atoms with Crippen molar-refractivity contribution >= 4 is 0 Å². The largest absolute Gasteiger partial charge is 0.225 e. The molecule has 2 rings (SSSR count). The lowest BCUT2D eigenvalue weighted by molar-refractivity contribution is 0.214. The molecule has 0 N–H and O–H groups in total. The Balaban J connectivity index is 2.16. The second-order valence-corrected chi connectivity index (χ2v) is 4.94. The first-order valence-corrected chi connectivity index (χ1v) is 6.44. The predicted octanol–water partition coefficient (Wildman–Crippen LogP) is 3.19. The van der Waals surface area contributed by atoms with Crippen molar-refractivity contribution in [3.05, 3.63) is 18.5 Å². The molecule has 3 unspecified atom stereocenters. The summed E-state index contributed by atoms with van der Waals surface area (Å²) in [6.07, 6.45) is 9.80. The van der Waals surface area contributed by atoms with Gasteiger partial charge in [-0.25, -0.2) is 15.0 Å². The molecule has 1 aromatic heterocycles. The standard InChI is InChI=1S/C13H21N3/c1-3-10(2)11-6-4-5-7-12(11)13-15-8-14-9-16-13/h8-12H,3-7H2,1-2H3. The van der Waals surface area contributed by atoms with Crippen molar-refractivity contribution < 1.29 is 0 Å². The van der Waals surface area contributed by atoms with E-state index < -0.39 is 0 Å². The molecular weight excluding hydrogens is 198 g/mol. The van der Waals surface area contributed by atoms with Gasteiger partial charge in [0.25, 0.3) is 0 Å². The van der Waals surface area contributed by atoms with Gasteiger partial charge in [0.2, 0.25) is 0 Å². The van der Waals surface area contributed by atoms with Gasteiger partial charge in [-0.05, 0) is 24.7 Å². The van der Waals surface area contributed by atoms with E-state index in [9.17, 15) is 0 Å². The van der Waals surface area contributed by atoms with Gasteiger partial charge >= 0.3 is 0 Å². The van der Waals surface area contributed by atoms with Gasteiger partial charge in [0.1, 0.15) is 18.5 Å². The number of hydrogen-bond donors (Lipinski definition) is 0. The van der Waals surface area contributed by atoms with Crippen LogP contribution in [0.4, 0.5) is 0 Å². The van der Waals surface area contributed by atoms with Crippen LogP contribution in [0, 0.1) is 11.8 Å². The molecule has 1 aliphatic carbocycles. The van der Waals surface area contributed by atoms with Gasteiger partial charge in [-0.15, -0.1) is 0 Å². The molecule has 1 aliphatic rings. The number of rotatable bonds is 3. The van der Waals surface area contributed by atoms with Crippen molar-refractivity contribution in [1.29, 1.82) is 0 Å². The molecule has 0 radical (unpaired) electrons. The zero-order chi connectivity index (χ0) is 11.4. The topological polar surface area (TPSA) is 38.7 Å². The van der Waals surface area contributed by atoms with Gasteiger partial charge in [-0.1, -0.05) is 33.1 Å². The van der Waals surface area contributed by atoms with Crippen molar-refractivity contribution in [2.24, 2.45) is 11.8 Å². The maximum absolute atomic E-state index is 4.35. The zero-order valence-corrected chi connectivity index (χ0v) is 10.3. The molecule has 0 spiro atoms. The first kappa shape index (κ1) is 11.5. The molecule has 16 heavy (non-hydrogen) atoms. The molecule has 3 nitrogen and oxygen atoms in total. The maximum atomic E-state index is 4.35. The third-order valence-electron chi connectivity index (χ3n) is 4.04. The minimum atomic E-state index is 0.562. The molecule has 3 atom stereocenters. The normalized spacial score (nSPS) is 27.6. The smallest absolute Gasteiger partial charge is 0.135 e. The summed E-state index contributed by atoms with van der Waals surface area (Å²) in [5.74, 6) is 3.12. The molecule has 0 amide bonds. The van der Waals surface area contributed by atoms with Crippen LogP contribution in [0.1, 0.15) is 57.7 Å². The lowest BCUT2D eigenvalue weighted by atomic mass is 9.72.